The maximum absolute atomic E-state index is 13.2. The molecule has 0 unspecified atom stereocenters. The van der Waals surface area contributed by atoms with Crippen molar-refractivity contribution in [3.63, 3.8) is 0 Å². The highest BCUT2D eigenvalue weighted by molar-refractivity contribution is 8.00. The molecular weight excluding hydrogens is 428 g/mol. The van der Waals surface area contributed by atoms with Crippen LogP contribution >= 0.6 is 23.4 Å². The van der Waals surface area contributed by atoms with Gasteiger partial charge < -0.3 is 4.90 Å². The number of amides is 1. The third-order valence-corrected chi connectivity index (χ3v) is 9.48. The molecule has 2 aliphatic rings. The Bertz CT molecular complexity index is 1020. The van der Waals surface area contributed by atoms with Gasteiger partial charge in [0.25, 0.3) is 5.91 Å². The monoisotopic (exact) mass is 450 g/mol. The highest BCUT2D eigenvalue weighted by Gasteiger charge is 2.48. The number of halogens is 1. The van der Waals surface area contributed by atoms with Crippen molar-refractivity contribution in [3.05, 3.63) is 64.7 Å². The number of piperidine rings is 1. The average molecular weight is 451 g/mol. The van der Waals surface area contributed by atoms with Gasteiger partial charge in [-0.3, -0.25) is 4.79 Å². The fourth-order valence-corrected chi connectivity index (χ4v) is 7.14. The van der Waals surface area contributed by atoms with Crippen LogP contribution in [0.5, 0.6) is 0 Å². The van der Waals surface area contributed by atoms with Crippen molar-refractivity contribution in [2.75, 3.05) is 25.4 Å². The van der Waals surface area contributed by atoms with Crippen LogP contribution in [0.4, 0.5) is 0 Å². The summed E-state index contributed by atoms with van der Waals surface area (Å²) < 4.78 is 27.6. The summed E-state index contributed by atoms with van der Waals surface area (Å²) in [5, 5.41) is 0.448. The molecule has 1 spiro atoms. The summed E-state index contributed by atoms with van der Waals surface area (Å²) in [5.74, 6) is 0.774. The van der Waals surface area contributed by atoms with Gasteiger partial charge in [0.15, 0.2) is 0 Å². The molecule has 0 saturated carbocycles. The number of carbonyl (C=O) groups is 1. The Balaban J connectivity index is 1.52. The minimum atomic E-state index is -3.52. The maximum atomic E-state index is 13.2. The third kappa shape index (κ3) is 3.81. The van der Waals surface area contributed by atoms with E-state index in [0.29, 0.717) is 48.0 Å². The molecule has 4 rings (SSSR count). The van der Waals surface area contributed by atoms with E-state index in [1.807, 2.05) is 36.1 Å². The Morgan fingerprint density at radius 2 is 1.69 bits per heavy atom. The molecule has 154 valence electrons. The summed E-state index contributed by atoms with van der Waals surface area (Å²) in [6, 6.07) is 14.0. The van der Waals surface area contributed by atoms with E-state index in [9.17, 15) is 13.2 Å². The summed E-state index contributed by atoms with van der Waals surface area (Å²) in [6.07, 6.45) is 1.22. The standard InChI is InChI=1S/C21H23ClN2O3S2/c1-16-6-8-17(9-7-16)29(26,27)23-12-10-21(11-13-23)24(14-15-28-21)20(25)18-4-2-3-5-19(18)22/h2-9H,10-15H2,1H3. The van der Waals surface area contributed by atoms with Crippen LogP contribution in [-0.2, 0) is 10.0 Å². The van der Waals surface area contributed by atoms with Crippen LogP contribution in [0.15, 0.2) is 53.4 Å². The molecule has 0 atom stereocenters. The summed E-state index contributed by atoms with van der Waals surface area (Å²) in [5.41, 5.74) is 1.53. The zero-order chi connectivity index (χ0) is 20.6. The molecule has 0 N–H and O–H groups in total. The predicted octanol–water partition coefficient (Wildman–Crippen LogP) is 4.02. The first-order valence-corrected chi connectivity index (χ1v) is 12.4. The number of hydrogen-bond donors (Lipinski definition) is 0. The second kappa shape index (κ2) is 7.95. The smallest absolute Gasteiger partial charge is 0.256 e. The Morgan fingerprint density at radius 3 is 2.34 bits per heavy atom. The number of hydrogen-bond acceptors (Lipinski definition) is 4. The number of carbonyl (C=O) groups excluding carboxylic acids is 1. The zero-order valence-electron chi connectivity index (χ0n) is 16.2. The lowest BCUT2D eigenvalue weighted by Crippen LogP contribution is -2.53. The quantitative estimate of drug-likeness (QED) is 0.708. The van der Waals surface area contributed by atoms with Crippen molar-refractivity contribution in [1.82, 2.24) is 9.21 Å². The Morgan fingerprint density at radius 1 is 1.03 bits per heavy atom. The number of sulfonamides is 1. The zero-order valence-corrected chi connectivity index (χ0v) is 18.6. The number of benzene rings is 2. The first kappa shape index (κ1) is 20.7. The van der Waals surface area contributed by atoms with E-state index in [1.54, 1.807) is 40.3 Å². The summed E-state index contributed by atoms with van der Waals surface area (Å²) in [6.45, 7) is 3.38. The van der Waals surface area contributed by atoms with Crippen LogP contribution in [0, 0.1) is 6.92 Å². The number of aryl methyl sites for hydroxylation is 1. The Labute approximate surface area is 181 Å². The number of thioether (sulfide) groups is 1. The van der Waals surface area contributed by atoms with Crippen LogP contribution in [0.2, 0.25) is 5.02 Å². The van der Waals surface area contributed by atoms with Gasteiger partial charge in [-0.25, -0.2) is 8.42 Å². The molecule has 8 heteroatoms. The molecule has 2 aliphatic heterocycles. The van der Waals surface area contributed by atoms with Gasteiger partial charge in [0.1, 0.15) is 0 Å². The lowest BCUT2D eigenvalue weighted by molar-refractivity contribution is 0.0605. The van der Waals surface area contributed by atoms with Gasteiger partial charge in [-0.15, -0.1) is 11.8 Å². The molecule has 2 heterocycles. The molecule has 2 aromatic carbocycles. The van der Waals surface area contributed by atoms with Crippen LogP contribution in [0.3, 0.4) is 0 Å². The van der Waals surface area contributed by atoms with E-state index in [1.165, 1.54) is 0 Å². The Kier molecular flexibility index (Phi) is 5.68. The minimum Gasteiger partial charge on any atom is -0.323 e. The van der Waals surface area contributed by atoms with E-state index < -0.39 is 10.0 Å². The van der Waals surface area contributed by atoms with Crippen molar-refractivity contribution in [1.29, 1.82) is 0 Å². The van der Waals surface area contributed by atoms with Crippen LogP contribution < -0.4 is 0 Å². The van der Waals surface area contributed by atoms with Gasteiger partial charge in [0, 0.05) is 25.4 Å². The lowest BCUT2D eigenvalue weighted by Gasteiger charge is -2.43. The van der Waals surface area contributed by atoms with E-state index in [-0.39, 0.29) is 10.8 Å². The second-order valence-corrected chi connectivity index (χ2v) is 11.3. The second-order valence-electron chi connectivity index (χ2n) is 7.45. The molecule has 29 heavy (non-hydrogen) atoms. The van der Waals surface area contributed by atoms with Gasteiger partial charge in [-0.1, -0.05) is 41.4 Å². The van der Waals surface area contributed by atoms with E-state index >= 15 is 0 Å². The topological polar surface area (TPSA) is 57.7 Å². The third-order valence-electron chi connectivity index (χ3n) is 5.69. The molecule has 5 nitrogen and oxygen atoms in total. The first-order chi connectivity index (χ1) is 13.8. The van der Waals surface area contributed by atoms with Gasteiger partial charge in [0.2, 0.25) is 10.0 Å². The van der Waals surface area contributed by atoms with Crippen LogP contribution in [-0.4, -0.2) is 53.8 Å². The lowest BCUT2D eigenvalue weighted by atomic mass is 10.0. The minimum absolute atomic E-state index is 0.0737. The van der Waals surface area contributed by atoms with Gasteiger partial charge in [-0.05, 0) is 44.0 Å². The van der Waals surface area contributed by atoms with E-state index in [4.69, 9.17) is 11.6 Å². The highest BCUT2D eigenvalue weighted by atomic mass is 35.5. The highest BCUT2D eigenvalue weighted by Crippen LogP contribution is 2.45. The van der Waals surface area contributed by atoms with Gasteiger partial charge in [-0.2, -0.15) is 4.31 Å². The number of rotatable bonds is 3. The van der Waals surface area contributed by atoms with Crippen molar-refractivity contribution in [3.8, 4) is 0 Å². The van der Waals surface area contributed by atoms with Gasteiger partial charge >= 0.3 is 0 Å². The van der Waals surface area contributed by atoms with Crippen molar-refractivity contribution < 1.29 is 13.2 Å². The van der Waals surface area contributed by atoms with Crippen molar-refractivity contribution in [2.45, 2.75) is 29.5 Å². The maximum Gasteiger partial charge on any atom is 0.256 e. The average Bonchev–Trinajstić information content (AvgIpc) is 3.11. The molecule has 0 aliphatic carbocycles. The largest absolute Gasteiger partial charge is 0.323 e. The first-order valence-electron chi connectivity index (χ1n) is 9.61. The van der Waals surface area contributed by atoms with Crippen molar-refractivity contribution in [2.24, 2.45) is 0 Å². The summed E-state index contributed by atoms with van der Waals surface area (Å²) in [4.78, 5) is 15.0. The molecule has 1 amide bonds. The Hall–Kier alpha value is -1.54. The number of nitrogens with zero attached hydrogens (tertiary/aromatic N) is 2. The molecular formula is C21H23ClN2O3S2. The predicted molar refractivity (Wildman–Crippen MR) is 117 cm³/mol. The molecule has 2 aromatic rings. The fourth-order valence-electron chi connectivity index (χ4n) is 4.02. The van der Waals surface area contributed by atoms with Gasteiger partial charge in [0.05, 0.1) is 20.4 Å². The summed E-state index contributed by atoms with van der Waals surface area (Å²) >= 11 is 8.00. The molecule has 0 bridgehead atoms. The van der Waals surface area contributed by atoms with E-state index in [2.05, 4.69) is 0 Å². The van der Waals surface area contributed by atoms with Crippen LogP contribution in [0.1, 0.15) is 28.8 Å². The molecule has 2 fully saturated rings. The normalized spacial score (nSPS) is 19.6. The molecule has 2 saturated heterocycles. The molecule has 0 radical (unpaired) electrons. The molecule has 0 aromatic heterocycles. The van der Waals surface area contributed by atoms with Crippen LogP contribution in [0.25, 0.3) is 0 Å². The fraction of sp³-hybridized carbons (Fsp3) is 0.381. The SMILES string of the molecule is Cc1ccc(S(=O)(=O)N2CCC3(CC2)SCCN3C(=O)c2ccccc2Cl)cc1. The van der Waals surface area contributed by atoms with Crippen molar-refractivity contribution >= 4 is 39.3 Å². The summed E-state index contributed by atoms with van der Waals surface area (Å²) in [7, 11) is -3.52. The van der Waals surface area contributed by atoms with E-state index in [0.717, 1.165) is 11.3 Å².